The summed E-state index contributed by atoms with van der Waals surface area (Å²) in [5, 5.41) is 11.8. The number of aliphatic carboxylic acids is 1. The van der Waals surface area contributed by atoms with Gasteiger partial charge in [-0.25, -0.2) is 9.59 Å². The van der Waals surface area contributed by atoms with Gasteiger partial charge in [0, 0.05) is 12.8 Å². The van der Waals surface area contributed by atoms with Crippen molar-refractivity contribution < 1.29 is 24.2 Å². The van der Waals surface area contributed by atoms with Crippen LogP contribution < -0.4 is 10.1 Å². The number of carboxylic acids is 1. The molecular formula is C25H25NO5. The molecule has 0 heterocycles. The van der Waals surface area contributed by atoms with E-state index in [0.717, 1.165) is 23.3 Å². The molecule has 0 bridgehead atoms. The maximum Gasteiger partial charge on any atom is 0.408 e. The fourth-order valence-electron chi connectivity index (χ4n) is 3.00. The van der Waals surface area contributed by atoms with Crippen molar-refractivity contribution in [3.05, 3.63) is 102 Å². The first kappa shape index (κ1) is 21.9. The van der Waals surface area contributed by atoms with E-state index < -0.39 is 18.1 Å². The van der Waals surface area contributed by atoms with Crippen LogP contribution in [0.25, 0.3) is 0 Å². The van der Waals surface area contributed by atoms with Crippen molar-refractivity contribution in [2.75, 3.05) is 6.61 Å². The van der Waals surface area contributed by atoms with E-state index in [1.54, 1.807) is 0 Å². The van der Waals surface area contributed by atoms with Crippen LogP contribution in [0.1, 0.15) is 16.7 Å². The third-order valence-electron chi connectivity index (χ3n) is 4.67. The molecular weight excluding hydrogens is 394 g/mol. The number of carbonyl (C=O) groups excluding carboxylic acids is 1. The zero-order chi connectivity index (χ0) is 21.9. The van der Waals surface area contributed by atoms with Gasteiger partial charge in [0.15, 0.2) is 0 Å². The van der Waals surface area contributed by atoms with Gasteiger partial charge >= 0.3 is 12.1 Å². The smallest absolute Gasteiger partial charge is 0.408 e. The second-order valence-corrected chi connectivity index (χ2v) is 7.03. The van der Waals surface area contributed by atoms with E-state index in [1.807, 2.05) is 72.8 Å². The van der Waals surface area contributed by atoms with Crippen LogP contribution in [0, 0.1) is 0 Å². The Morgan fingerprint density at radius 3 is 2.03 bits per heavy atom. The first-order valence-electron chi connectivity index (χ1n) is 10.1. The summed E-state index contributed by atoms with van der Waals surface area (Å²) >= 11 is 0. The van der Waals surface area contributed by atoms with Crippen molar-refractivity contribution >= 4 is 12.1 Å². The van der Waals surface area contributed by atoms with Gasteiger partial charge in [-0.15, -0.1) is 0 Å². The molecule has 0 radical (unpaired) electrons. The Labute approximate surface area is 181 Å². The third kappa shape index (κ3) is 7.51. The Balaban J connectivity index is 1.42. The fourth-order valence-corrected chi connectivity index (χ4v) is 3.00. The number of alkyl carbamates (subject to hydrolysis) is 1. The van der Waals surface area contributed by atoms with Gasteiger partial charge in [0.05, 0.1) is 6.61 Å². The fraction of sp³-hybridized carbons (Fsp3) is 0.200. The van der Waals surface area contributed by atoms with Gasteiger partial charge in [-0.05, 0) is 28.8 Å². The van der Waals surface area contributed by atoms with Gasteiger partial charge in [-0.3, -0.25) is 0 Å². The Kier molecular flexibility index (Phi) is 8.05. The number of hydrogen-bond acceptors (Lipinski definition) is 4. The number of nitrogens with one attached hydrogen (secondary N) is 1. The van der Waals surface area contributed by atoms with E-state index in [1.165, 1.54) is 5.56 Å². The molecule has 1 atom stereocenters. The number of carbonyl (C=O) groups is 2. The molecule has 0 fully saturated rings. The minimum atomic E-state index is -1.11. The zero-order valence-electron chi connectivity index (χ0n) is 17.1. The van der Waals surface area contributed by atoms with E-state index in [0.29, 0.717) is 6.61 Å². The minimum absolute atomic E-state index is 0.0355. The van der Waals surface area contributed by atoms with Gasteiger partial charge < -0.3 is 19.9 Å². The quantitative estimate of drug-likeness (QED) is 0.514. The molecule has 0 aliphatic heterocycles. The largest absolute Gasteiger partial charge is 0.493 e. The molecule has 0 aliphatic rings. The van der Waals surface area contributed by atoms with Crippen molar-refractivity contribution in [3.8, 4) is 5.75 Å². The van der Waals surface area contributed by atoms with Crippen molar-refractivity contribution in [3.63, 3.8) is 0 Å². The number of rotatable bonds is 10. The van der Waals surface area contributed by atoms with E-state index in [4.69, 9.17) is 9.47 Å². The van der Waals surface area contributed by atoms with E-state index in [9.17, 15) is 14.7 Å². The highest BCUT2D eigenvalue weighted by Gasteiger charge is 2.21. The van der Waals surface area contributed by atoms with Crippen LogP contribution in [-0.2, 0) is 29.0 Å². The highest BCUT2D eigenvalue weighted by Crippen LogP contribution is 2.14. The van der Waals surface area contributed by atoms with Gasteiger partial charge in [-0.2, -0.15) is 0 Å². The lowest BCUT2D eigenvalue weighted by atomic mass is 10.1. The second-order valence-electron chi connectivity index (χ2n) is 7.03. The Morgan fingerprint density at radius 2 is 1.42 bits per heavy atom. The summed E-state index contributed by atoms with van der Waals surface area (Å²) in [6, 6.07) is 25.4. The average Bonchev–Trinajstić information content (AvgIpc) is 2.79. The highest BCUT2D eigenvalue weighted by molar-refractivity contribution is 5.80. The van der Waals surface area contributed by atoms with Crippen LogP contribution in [0.5, 0.6) is 5.75 Å². The minimum Gasteiger partial charge on any atom is -0.493 e. The summed E-state index contributed by atoms with van der Waals surface area (Å²) in [4.78, 5) is 23.5. The third-order valence-corrected chi connectivity index (χ3v) is 4.67. The molecule has 0 aromatic heterocycles. The van der Waals surface area contributed by atoms with E-state index >= 15 is 0 Å². The number of ether oxygens (including phenoxy) is 2. The van der Waals surface area contributed by atoms with Gasteiger partial charge in [-0.1, -0.05) is 72.8 Å². The van der Waals surface area contributed by atoms with Crippen LogP contribution in [-0.4, -0.2) is 29.8 Å². The van der Waals surface area contributed by atoms with Crippen LogP contribution in [0.4, 0.5) is 4.79 Å². The summed E-state index contributed by atoms with van der Waals surface area (Å²) in [6.45, 7) is 0.605. The number of amides is 1. The molecule has 3 aromatic carbocycles. The molecule has 0 saturated heterocycles. The lowest BCUT2D eigenvalue weighted by Gasteiger charge is -2.15. The van der Waals surface area contributed by atoms with Crippen LogP contribution in [0.3, 0.4) is 0 Å². The molecule has 2 N–H and O–H groups in total. The van der Waals surface area contributed by atoms with E-state index in [2.05, 4.69) is 17.4 Å². The van der Waals surface area contributed by atoms with Crippen molar-refractivity contribution in [1.82, 2.24) is 5.32 Å². The SMILES string of the molecule is O=C(N[C@H](Cc1ccccc1)C(=O)O)OCc1ccc(OCCc2ccccc2)cc1. The van der Waals surface area contributed by atoms with Crippen molar-refractivity contribution in [2.24, 2.45) is 0 Å². The normalized spacial score (nSPS) is 11.4. The Morgan fingerprint density at radius 1 is 0.806 bits per heavy atom. The number of carboxylic acid groups (broad SMARTS) is 1. The van der Waals surface area contributed by atoms with Crippen LogP contribution >= 0.6 is 0 Å². The summed E-state index contributed by atoms with van der Waals surface area (Å²) in [6.07, 6.45) is 0.228. The van der Waals surface area contributed by atoms with Crippen LogP contribution in [0.15, 0.2) is 84.9 Å². The summed E-state index contributed by atoms with van der Waals surface area (Å²) in [5.41, 5.74) is 2.81. The monoisotopic (exact) mass is 419 g/mol. The molecule has 6 nitrogen and oxygen atoms in total. The molecule has 3 aromatic rings. The molecule has 0 unspecified atom stereocenters. The second kappa shape index (κ2) is 11.4. The molecule has 0 aliphatic carbocycles. The first-order valence-corrected chi connectivity index (χ1v) is 10.1. The molecule has 1 amide bonds. The maximum absolute atomic E-state index is 12.0. The average molecular weight is 419 g/mol. The molecule has 6 heteroatoms. The zero-order valence-corrected chi connectivity index (χ0v) is 17.1. The highest BCUT2D eigenvalue weighted by atomic mass is 16.5. The Hall–Kier alpha value is -3.80. The molecule has 31 heavy (non-hydrogen) atoms. The molecule has 0 saturated carbocycles. The number of benzene rings is 3. The van der Waals surface area contributed by atoms with Gasteiger partial charge in [0.2, 0.25) is 0 Å². The standard InChI is InChI=1S/C25H25NO5/c27-24(28)23(17-20-9-5-2-6-10-20)26-25(29)31-18-21-11-13-22(14-12-21)30-16-15-19-7-3-1-4-8-19/h1-14,23H,15-18H2,(H,26,29)(H,27,28)/t23-/m1/s1. The first-order chi connectivity index (χ1) is 15.1. The van der Waals surface area contributed by atoms with Crippen LogP contribution in [0.2, 0.25) is 0 Å². The number of hydrogen-bond donors (Lipinski definition) is 2. The Bertz CT molecular complexity index is 958. The topological polar surface area (TPSA) is 84.9 Å². The van der Waals surface area contributed by atoms with Gasteiger partial charge in [0.25, 0.3) is 0 Å². The van der Waals surface area contributed by atoms with Gasteiger partial charge in [0.1, 0.15) is 18.4 Å². The molecule has 160 valence electrons. The lowest BCUT2D eigenvalue weighted by Crippen LogP contribution is -2.42. The van der Waals surface area contributed by atoms with Crippen molar-refractivity contribution in [2.45, 2.75) is 25.5 Å². The predicted molar refractivity (Wildman–Crippen MR) is 117 cm³/mol. The summed E-state index contributed by atoms with van der Waals surface area (Å²) in [5.74, 6) is -0.379. The lowest BCUT2D eigenvalue weighted by molar-refractivity contribution is -0.139. The van der Waals surface area contributed by atoms with E-state index in [-0.39, 0.29) is 13.0 Å². The molecule has 0 spiro atoms. The van der Waals surface area contributed by atoms with Crippen molar-refractivity contribution in [1.29, 1.82) is 0 Å². The molecule has 3 rings (SSSR count). The maximum atomic E-state index is 12.0. The summed E-state index contributed by atoms with van der Waals surface area (Å²) in [7, 11) is 0. The summed E-state index contributed by atoms with van der Waals surface area (Å²) < 4.78 is 10.9. The predicted octanol–water partition coefficient (Wildman–Crippen LogP) is 4.23.